The number of aromatic nitrogens is 1. The molecule has 1 saturated heterocycles. The maximum absolute atomic E-state index is 4.15. The smallest absolute Gasteiger partial charge is 0.0315 e. The van der Waals surface area contributed by atoms with E-state index >= 15 is 0 Å². The number of hydrogen-bond donors (Lipinski definition) is 1. The van der Waals surface area contributed by atoms with E-state index in [0.29, 0.717) is 12.1 Å². The van der Waals surface area contributed by atoms with Gasteiger partial charge in [0.05, 0.1) is 0 Å². The number of rotatable bonds is 3. The Bertz CT molecular complexity index is 302. The van der Waals surface area contributed by atoms with E-state index in [9.17, 15) is 0 Å². The van der Waals surface area contributed by atoms with Crippen molar-refractivity contribution in [1.82, 2.24) is 10.3 Å². The van der Waals surface area contributed by atoms with Crippen LogP contribution in [0.15, 0.2) is 24.5 Å². The van der Waals surface area contributed by atoms with E-state index in [1.54, 1.807) is 0 Å². The van der Waals surface area contributed by atoms with Crippen molar-refractivity contribution < 1.29 is 0 Å². The molecule has 0 saturated carbocycles. The lowest BCUT2D eigenvalue weighted by molar-refractivity contribution is 0.453. The van der Waals surface area contributed by atoms with Gasteiger partial charge < -0.3 is 5.32 Å². The van der Waals surface area contributed by atoms with Gasteiger partial charge in [0.1, 0.15) is 0 Å². The molecule has 2 rings (SSSR count). The number of pyridine rings is 1. The van der Waals surface area contributed by atoms with Crippen LogP contribution in [-0.2, 0) is 0 Å². The lowest BCUT2D eigenvalue weighted by atomic mass is 10.1. The number of hydrogen-bond acceptors (Lipinski definition) is 3. The maximum atomic E-state index is 4.15. The minimum Gasteiger partial charge on any atom is -0.306 e. The summed E-state index contributed by atoms with van der Waals surface area (Å²) in [5.74, 6) is 1.29. The Morgan fingerprint density at radius 2 is 2.47 bits per heavy atom. The molecule has 1 aliphatic heterocycles. The van der Waals surface area contributed by atoms with E-state index in [0.717, 1.165) is 5.25 Å². The van der Waals surface area contributed by atoms with Gasteiger partial charge >= 0.3 is 0 Å². The summed E-state index contributed by atoms with van der Waals surface area (Å²) in [6, 6.07) is 5.20. The molecule has 15 heavy (non-hydrogen) atoms. The molecule has 1 fully saturated rings. The Morgan fingerprint density at radius 3 is 3.07 bits per heavy atom. The fourth-order valence-electron chi connectivity index (χ4n) is 2.00. The van der Waals surface area contributed by atoms with E-state index in [1.165, 1.54) is 17.7 Å². The lowest BCUT2D eigenvalue weighted by Gasteiger charge is -2.22. The zero-order valence-corrected chi connectivity index (χ0v) is 10.1. The normalized spacial score (nSPS) is 27.9. The topological polar surface area (TPSA) is 24.9 Å². The summed E-state index contributed by atoms with van der Waals surface area (Å²) in [5, 5.41) is 4.42. The molecule has 2 nitrogen and oxygen atoms in total. The summed E-state index contributed by atoms with van der Waals surface area (Å²) in [7, 11) is 0. The van der Waals surface area contributed by atoms with Crippen molar-refractivity contribution >= 4 is 11.8 Å². The number of nitrogens with one attached hydrogen (secondary N) is 1. The zero-order chi connectivity index (χ0) is 10.7. The fourth-order valence-corrected chi connectivity index (χ4v) is 3.21. The summed E-state index contributed by atoms with van der Waals surface area (Å²) >= 11 is 2.06. The predicted molar refractivity (Wildman–Crippen MR) is 66.1 cm³/mol. The van der Waals surface area contributed by atoms with Crippen LogP contribution in [0.5, 0.6) is 0 Å². The Kier molecular flexibility index (Phi) is 3.65. The largest absolute Gasteiger partial charge is 0.306 e. The van der Waals surface area contributed by atoms with E-state index in [2.05, 4.69) is 42.0 Å². The molecule has 3 heteroatoms. The molecule has 3 atom stereocenters. The first-order valence-electron chi connectivity index (χ1n) is 5.55. The highest BCUT2D eigenvalue weighted by Crippen LogP contribution is 2.28. The van der Waals surface area contributed by atoms with Crippen molar-refractivity contribution in [2.24, 2.45) is 0 Å². The average molecular weight is 222 g/mol. The van der Waals surface area contributed by atoms with Gasteiger partial charge in [0.15, 0.2) is 0 Å². The molecular weight excluding hydrogens is 204 g/mol. The van der Waals surface area contributed by atoms with Crippen molar-refractivity contribution in [3.8, 4) is 0 Å². The third-order valence-corrected chi connectivity index (χ3v) is 4.35. The highest BCUT2D eigenvalue weighted by Gasteiger charge is 2.25. The summed E-state index contributed by atoms with van der Waals surface area (Å²) < 4.78 is 0. The third-order valence-electron chi connectivity index (χ3n) is 3.02. The first-order chi connectivity index (χ1) is 7.27. The number of nitrogens with zero attached hydrogens (tertiary/aromatic N) is 1. The first kappa shape index (κ1) is 11.0. The summed E-state index contributed by atoms with van der Waals surface area (Å²) in [6.07, 6.45) is 5.06. The van der Waals surface area contributed by atoms with Crippen molar-refractivity contribution in [2.75, 3.05) is 5.75 Å². The van der Waals surface area contributed by atoms with Crippen molar-refractivity contribution in [3.63, 3.8) is 0 Å². The van der Waals surface area contributed by atoms with Crippen LogP contribution in [0.3, 0.4) is 0 Å². The molecule has 82 valence electrons. The SMILES string of the molecule is CC1SCCC1N[C@@H](C)c1cccnc1. The average Bonchev–Trinajstić information content (AvgIpc) is 2.66. The van der Waals surface area contributed by atoms with Crippen molar-refractivity contribution in [1.29, 1.82) is 0 Å². The molecule has 1 aromatic heterocycles. The van der Waals surface area contributed by atoms with Crippen molar-refractivity contribution in [2.45, 2.75) is 37.6 Å². The second-order valence-electron chi connectivity index (χ2n) is 4.15. The molecule has 1 aliphatic rings. The molecule has 1 N–H and O–H groups in total. The maximum Gasteiger partial charge on any atom is 0.0315 e. The Morgan fingerprint density at radius 1 is 1.60 bits per heavy atom. The van der Waals surface area contributed by atoms with Gasteiger partial charge in [0, 0.05) is 29.7 Å². The van der Waals surface area contributed by atoms with Gasteiger partial charge in [-0.2, -0.15) is 11.8 Å². The minimum atomic E-state index is 0.407. The van der Waals surface area contributed by atoms with Crippen LogP contribution < -0.4 is 5.32 Å². The lowest BCUT2D eigenvalue weighted by Crippen LogP contribution is -2.35. The van der Waals surface area contributed by atoms with Gasteiger partial charge in [-0.05, 0) is 30.7 Å². The quantitative estimate of drug-likeness (QED) is 0.851. The first-order valence-corrected chi connectivity index (χ1v) is 6.60. The van der Waals surface area contributed by atoms with Crippen LogP contribution in [0, 0.1) is 0 Å². The zero-order valence-electron chi connectivity index (χ0n) is 9.31. The summed E-state index contributed by atoms with van der Waals surface area (Å²) in [4.78, 5) is 4.15. The summed E-state index contributed by atoms with van der Waals surface area (Å²) in [6.45, 7) is 4.53. The second kappa shape index (κ2) is 4.99. The minimum absolute atomic E-state index is 0.407. The molecule has 0 bridgehead atoms. The van der Waals surface area contributed by atoms with E-state index in [1.807, 2.05) is 18.5 Å². The predicted octanol–water partition coefficient (Wildman–Crippen LogP) is 2.63. The molecule has 1 aromatic rings. The number of thioether (sulfide) groups is 1. The third kappa shape index (κ3) is 2.73. The molecule has 2 unspecified atom stereocenters. The van der Waals surface area contributed by atoms with Gasteiger partial charge in [-0.3, -0.25) is 4.98 Å². The highest BCUT2D eigenvalue weighted by atomic mass is 32.2. The Hall–Kier alpha value is -0.540. The molecule has 2 heterocycles. The molecule has 0 aliphatic carbocycles. The highest BCUT2D eigenvalue weighted by molar-refractivity contribution is 8.00. The van der Waals surface area contributed by atoms with Gasteiger partial charge in [-0.15, -0.1) is 0 Å². The van der Waals surface area contributed by atoms with E-state index < -0.39 is 0 Å². The second-order valence-corrected chi connectivity index (χ2v) is 5.63. The van der Waals surface area contributed by atoms with Gasteiger partial charge in [-0.25, -0.2) is 0 Å². The molecule has 0 radical (unpaired) electrons. The molecular formula is C12H18N2S. The monoisotopic (exact) mass is 222 g/mol. The molecule has 0 spiro atoms. The fraction of sp³-hybridized carbons (Fsp3) is 0.583. The van der Waals surface area contributed by atoms with E-state index in [-0.39, 0.29) is 0 Å². The molecule has 0 amide bonds. The van der Waals surface area contributed by atoms with Crippen LogP contribution in [-0.4, -0.2) is 22.0 Å². The Labute approximate surface area is 95.9 Å². The van der Waals surface area contributed by atoms with Gasteiger partial charge in [-0.1, -0.05) is 13.0 Å². The van der Waals surface area contributed by atoms with Crippen molar-refractivity contribution in [3.05, 3.63) is 30.1 Å². The van der Waals surface area contributed by atoms with Crippen LogP contribution in [0.2, 0.25) is 0 Å². The molecule has 0 aromatic carbocycles. The van der Waals surface area contributed by atoms with Gasteiger partial charge in [0.25, 0.3) is 0 Å². The van der Waals surface area contributed by atoms with Crippen LogP contribution in [0.25, 0.3) is 0 Å². The van der Waals surface area contributed by atoms with E-state index in [4.69, 9.17) is 0 Å². The van der Waals surface area contributed by atoms with Crippen LogP contribution in [0.4, 0.5) is 0 Å². The van der Waals surface area contributed by atoms with Crippen LogP contribution >= 0.6 is 11.8 Å². The Balaban J connectivity index is 1.95. The standard InChI is InChI=1S/C12H18N2S/c1-9(11-4-3-6-13-8-11)14-12-5-7-15-10(12)2/h3-4,6,8-10,12,14H,5,7H2,1-2H3/t9-,10?,12?/m0/s1. The van der Waals surface area contributed by atoms with Gasteiger partial charge in [0.2, 0.25) is 0 Å². The summed E-state index contributed by atoms with van der Waals surface area (Å²) in [5.41, 5.74) is 1.28. The van der Waals surface area contributed by atoms with Crippen LogP contribution in [0.1, 0.15) is 31.9 Å².